The molecule has 0 spiro atoms. The van der Waals surface area contributed by atoms with E-state index in [-0.39, 0.29) is 17.4 Å². The first-order valence-corrected chi connectivity index (χ1v) is 4.27. The summed E-state index contributed by atoms with van der Waals surface area (Å²) < 4.78 is 0. The van der Waals surface area contributed by atoms with Gasteiger partial charge in [-0.25, -0.2) is 0 Å². The molecule has 2 aromatic rings. The van der Waals surface area contributed by atoms with Gasteiger partial charge in [-0.3, -0.25) is 0 Å². The number of para-hydroxylation sites is 2. The van der Waals surface area contributed by atoms with Crippen LogP contribution < -0.4 is 0 Å². The first-order valence-electron chi connectivity index (χ1n) is 4.27. The van der Waals surface area contributed by atoms with Gasteiger partial charge in [-0.15, -0.1) is 0 Å². The van der Waals surface area contributed by atoms with Crippen molar-refractivity contribution >= 4 is 17.4 Å². The largest absolute Gasteiger partial charge is 3.00 e. The van der Waals surface area contributed by atoms with E-state index in [1.807, 2.05) is 12.1 Å². The van der Waals surface area contributed by atoms with Gasteiger partial charge in [0.2, 0.25) is 0 Å². The van der Waals surface area contributed by atoms with Gasteiger partial charge in [0.05, 0.1) is 0 Å². The van der Waals surface area contributed by atoms with Crippen molar-refractivity contribution < 1.29 is 10.2 Å². The quantitative estimate of drug-likeness (QED) is 0.662. The van der Waals surface area contributed by atoms with Crippen molar-refractivity contribution in [3.05, 3.63) is 60.7 Å². The minimum absolute atomic E-state index is 0. The molecule has 15 heavy (non-hydrogen) atoms. The monoisotopic (exact) mass is 215 g/mol. The van der Waals surface area contributed by atoms with E-state index in [0.717, 1.165) is 0 Å². The summed E-state index contributed by atoms with van der Waals surface area (Å²) in [4.78, 5) is 0. The number of phenols is 2. The normalized spacial score (nSPS) is 8.00. The summed E-state index contributed by atoms with van der Waals surface area (Å²) in [7, 11) is 0. The van der Waals surface area contributed by atoms with Gasteiger partial charge in [-0.2, -0.15) is 0 Å². The molecule has 0 unspecified atom stereocenters. The predicted octanol–water partition coefficient (Wildman–Crippen LogP) is 2.40. The molecule has 0 bridgehead atoms. The summed E-state index contributed by atoms with van der Waals surface area (Å²) in [5.41, 5.74) is 0. The SMILES string of the molecule is Oc1ccccc1.Oc1ccccc1.[Al+3]. The van der Waals surface area contributed by atoms with Gasteiger partial charge < -0.3 is 10.2 Å². The molecule has 2 aromatic carbocycles. The molecule has 0 aliphatic heterocycles. The van der Waals surface area contributed by atoms with Crippen LogP contribution in [0, 0.1) is 0 Å². The first kappa shape index (κ1) is 13.6. The van der Waals surface area contributed by atoms with Crippen molar-refractivity contribution in [2.75, 3.05) is 0 Å². The van der Waals surface area contributed by atoms with Crippen LogP contribution in [0.4, 0.5) is 0 Å². The molecule has 0 aromatic heterocycles. The Morgan fingerprint density at radius 3 is 0.933 bits per heavy atom. The number of benzene rings is 2. The summed E-state index contributed by atoms with van der Waals surface area (Å²) in [5.74, 6) is 0.644. The van der Waals surface area contributed by atoms with E-state index in [1.165, 1.54) is 0 Å². The van der Waals surface area contributed by atoms with Crippen LogP contribution in [0.15, 0.2) is 60.7 Å². The van der Waals surface area contributed by atoms with Crippen LogP contribution in [-0.2, 0) is 0 Å². The molecule has 2 rings (SSSR count). The molecule has 72 valence electrons. The van der Waals surface area contributed by atoms with Crippen LogP contribution in [0.5, 0.6) is 11.5 Å². The maximum Gasteiger partial charge on any atom is 3.00 e. The summed E-state index contributed by atoms with van der Waals surface area (Å²) in [6, 6.07) is 17.4. The maximum absolute atomic E-state index is 8.63. The molecule has 0 radical (unpaired) electrons. The van der Waals surface area contributed by atoms with Crippen molar-refractivity contribution in [3.63, 3.8) is 0 Å². The fraction of sp³-hybridized carbons (Fsp3) is 0. The Labute approximate surface area is 100.0 Å². The van der Waals surface area contributed by atoms with Gasteiger partial charge in [0, 0.05) is 0 Å². The Bertz CT molecular complexity index is 311. The number of phenolic OH excluding ortho intramolecular Hbond substituents is 2. The van der Waals surface area contributed by atoms with E-state index in [4.69, 9.17) is 10.2 Å². The molecule has 0 saturated carbocycles. The molecular weight excluding hydrogens is 203 g/mol. The second-order valence-corrected chi connectivity index (χ2v) is 2.67. The smallest absolute Gasteiger partial charge is 0.508 e. The Kier molecular flexibility index (Phi) is 7.17. The fourth-order valence-electron chi connectivity index (χ4n) is 0.856. The topological polar surface area (TPSA) is 40.5 Å². The Morgan fingerprint density at radius 2 is 0.800 bits per heavy atom. The summed E-state index contributed by atoms with van der Waals surface area (Å²) in [6.07, 6.45) is 0. The van der Waals surface area contributed by atoms with Crippen LogP contribution in [0.1, 0.15) is 0 Å². The van der Waals surface area contributed by atoms with Gasteiger partial charge in [-0.1, -0.05) is 36.4 Å². The predicted molar refractivity (Wildman–Crippen MR) is 62.0 cm³/mol. The summed E-state index contributed by atoms with van der Waals surface area (Å²) in [6.45, 7) is 0. The standard InChI is InChI=1S/2C6H6O.Al/c2*7-6-4-2-1-3-5-6;/h2*1-5,7H;/q;;+3. The minimum atomic E-state index is 0. The zero-order chi connectivity index (χ0) is 10.2. The van der Waals surface area contributed by atoms with Gasteiger partial charge in [0.25, 0.3) is 0 Å². The molecule has 2 N–H and O–H groups in total. The third kappa shape index (κ3) is 6.62. The molecule has 2 nitrogen and oxygen atoms in total. The molecule has 0 heterocycles. The van der Waals surface area contributed by atoms with Crippen molar-refractivity contribution in [1.29, 1.82) is 0 Å². The van der Waals surface area contributed by atoms with Gasteiger partial charge >= 0.3 is 17.4 Å². The summed E-state index contributed by atoms with van der Waals surface area (Å²) in [5, 5.41) is 17.3. The van der Waals surface area contributed by atoms with Crippen molar-refractivity contribution in [3.8, 4) is 11.5 Å². The Hall–Kier alpha value is -1.43. The van der Waals surface area contributed by atoms with Crippen LogP contribution >= 0.6 is 0 Å². The number of rotatable bonds is 0. The van der Waals surface area contributed by atoms with E-state index in [1.54, 1.807) is 48.5 Å². The molecule has 0 aliphatic carbocycles. The average Bonchev–Trinajstić information content (AvgIpc) is 2.21. The summed E-state index contributed by atoms with van der Waals surface area (Å²) >= 11 is 0. The zero-order valence-electron chi connectivity index (χ0n) is 8.25. The van der Waals surface area contributed by atoms with Crippen molar-refractivity contribution in [2.45, 2.75) is 0 Å². The van der Waals surface area contributed by atoms with Crippen LogP contribution in [0.25, 0.3) is 0 Å². The third-order valence-corrected chi connectivity index (χ3v) is 1.51. The fourth-order valence-corrected chi connectivity index (χ4v) is 0.856. The molecular formula is C12H12AlO2+3. The maximum atomic E-state index is 8.63. The molecule has 0 fully saturated rings. The van der Waals surface area contributed by atoms with Crippen molar-refractivity contribution in [1.82, 2.24) is 0 Å². The molecule has 0 aliphatic rings. The van der Waals surface area contributed by atoms with Crippen LogP contribution in [0.3, 0.4) is 0 Å². The second kappa shape index (κ2) is 7.93. The van der Waals surface area contributed by atoms with E-state index in [9.17, 15) is 0 Å². The second-order valence-electron chi connectivity index (χ2n) is 2.67. The van der Waals surface area contributed by atoms with E-state index >= 15 is 0 Å². The van der Waals surface area contributed by atoms with Gasteiger partial charge in [0.1, 0.15) is 11.5 Å². The first-order chi connectivity index (χ1) is 6.79. The number of aromatic hydroxyl groups is 2. The number of hydrogen-bond acceptors (Lipinski definition) is 2. The van der Waals surface area contributed by atoms with E-state index in [0.29, 0.717) is 11.5 Å². The van der Waals surface area contributed by atoms with Crippen LogP contribution in [0.2, 0.25) is 0 Å². The van der Waals surface area contributed by atoms with Crippen LogP contribution in [-0.4, -0.2) is 27.6 Å². The van der Waals surface area contributed by atoms with Gasteiger partial charge in [-0.05, 0) is 24.3 Å². The molecule has 0 saturated heterocycles. The average molecular weight is 215 g/mol. The molecule has 0 amide bonds. The van der Waals surface area contributed by atoms with E-state index in [2.05, 4.69) is 0 Å². The van der Waals surface area contributed by atoms with E-state index < -0.39 is 0 Å². The zero-order valence-corrected chi connectivity index (χ0v) is 9.40. The number of hydrogen-bond donors (Lipinski definition) is 2. The third-order valence-electron chi connectivity index (χ3n) is 1.51. The Balaban J connectivity index is 0.000000245. The Morgan fingerprint density at radius 1 is 0.533 bits per heavy atom. The molecule has 0 atom stereocenters. The van der Waals surface area contributed by atoms with Gasteiger partial charge in [0.15, 0.2) is 0 Å². The molecule has 3 heteroatoms. The van der Waals surface area contributed by atoms with Crippen molar-refractivity contribution in [2.24, 2.45) is 0 Å². The minimum Gasteiger partial charge on any atom is -0.508 e.